The maximum atomic E-state index is 13.1. The lowest BCUT2D eigenvalue weighted by atomic mass is 10.0. The minimum atomic E-state index is -1.15. The van der Waals surface area contributed by atoms with Gasteiger partial charge in [0.15, 0.2) is 0 Å². The van der Waals surface area contributed by atoms with Crippen molar-refractivity contribution in [3.8, 4) is 0 Å². The molecule has 2 aliphatic rings. The van der Waals surface area contributed by atoms with Crippen LogP contribution < -0.4 is 4.90 Å². The molecular formula is C19H18N2O5S2. The molecule has 1 aromatic carbocycles. The molecule has 7 nitrogen and oxygen atoms in total. The molecule has 2 aliphatic heterocycles. The van der Waals surface area contributed by atoms with Gasteiger partial charge in [-0.05, 0) is 18.4 Å². The van der Waals surface area contributed by atoms with E-state index in [-0.39, 0.29) is 27.1 Å². The number of hydrogen-bond acceptors (Lipinski definition) is 6. The maximum Gasteiger partial charge on any atom is 0.326 e. The van der Waals surface area contributed by atoms with Crippen molar-refractivity contribution in [1.29, 1.82) is 0 Å². The molecule has 1 saturated heterocycles. The van der Waals surface area contributed by atoms with Crippen LogP contribution in [0.15, 0.2) is 29.2 Å². The number of aliphatic carboxylic acids is 1. The Balaban J connectivity index is 2.12. The number of carboxylic acids is 1. The molecule has 9 heteroatoms. The Morgan fingerprint density at radius 1 is 1.18 bits per heavy atom. The number of rotatable bonds is 4. The number of carboxylic acid groups (broad SMARTS) is 1. The fourth-order valence-corrected chi connectivity index (χ4v) is 4.74. The van der Waals surface area contributed by atoms with Gasteiger partial charge in [-0.25, -0.2) is 9.69 Å². The zero-order valence-electron chi connectivity index (χ0n) is 15.5. The Hall–Kier alpha value is -2.52. The second-order valence-corrected chi connectivity index (χ2v) is 8.55. The van der Waals surface area contributed by atoms with Crippen LogP contribution in [0, 0.1) is 5.92 Å². The van der Waals surface area contributed by atoms with Crippen molar-refractivity contribution in [3.63, 3.8) is 0 Å². The maximum absolute atomic E-state index is 13.1. The summed E-state index contributed by atoms with van der Waals surface area (Å²) in [5.74, 6) is -2.82. The number of imide groups is 1. The van der Waals surface area contributed by atoms with Gasteiger partial charge in [0.2, 0.25) is 5.91 Å². The van der Waals surface area contributed by atoms with Gasteiger partial charge in [-0.15, -0.1) is 0 Å². The van der Waals surface area contributed by atoms with Crippen LogP contribution >= 0.6 is 24.0 Å². The first kappa shape index (κ1) is 20.2. The molecule has 0 radical (unpaired) electrons. The number of thiocarbonyl (C=S) groups is 1. The number of anilines is 1. The second kappa shape index (κ2) is 7.48. The van der Waals surface area contributed by atoms with Crippen LogP contribution in [0.1, 0.15) is 32.8 Å². The average molecular weight is 418 g/mol. The fraction of sp³-hybridized carbons (Fsp3) is 0.316. The highest BCUT2D eigenvalue weighted by atomic mass is 32.2. The summed E-state index contributed by atoms with van der Waals surface area (Å²) >= 11 is 6.17. The van der Waals surface area contributed by atoms with Gasteiger partial charge < -0.3 is 5.11 Å². The zero-order valence-corrected chi connectivity index (χ0v) is 17.1. The van der Waals surface area contributed by atoms with Crippen molar-refractivity contribution >= 4 is 63.3 Å². The zero-order chi connectivity index (χ0) is 20.7. The van der Waals surface area contributed by atoms with Crippen LogP contribution in [0.25, 0.3) is 5.57 Å². The monoisotopic (exact) mass is 418 g/mol. The van der Waals surface area contributed by atoms with E-state index in [1.807, 2.05) is 13.8 Å². The number of nitrogens with zero attached hydrogens (tertiary/aromatic N) is 2. The van der Waals surface area contributed by atoms with Gasteiger partial charge in [-0.2, -0.15) is 0 Å². The molecule has 146 valence electrons. The molecule has 3 amide bonds. The molecule has 1 N–H and O–H groups in total. The van der Waals surface area contributed by atoms with Crippen LogP contribution in [-0.2, 0) is 19.2 Å². The molecule has 0 aliphatic carbocycles. The van der Waals surface area contributed by atoms with Gasteiger partial charge >= 0.3 is 5.97 Å². The lowest BCUT2D eigenvalue weighted by Crippen LogP contribution is -2.44. The Bertz CT molecular complexity index is 953. The van der Waals surface area contributed by atoms with E-state index in [4.69, 9.17) is 12.2 Å². The molecule has 2 heterocycles. The molecule has 1 aromatic rings. The number of carbonyl (C=O) groups excluding carboxylic acids is 3. The first-order chi connectivity index (χ1) is 13.1. The summed E-state index contributed by atoms with van der Waals surface area (Å²) in [5, 5.41) is 9.60. The molecule has 0 spiro atoms. The molecule has 3 rings (SSSR count). The van der Waals surface area contributed by atoms with Crippen molar-refractivity contribution in [3.05, 3.63) is 34.7 Å². The summed E-state index contributed by atoms with van der Waals surface area (Å²) < 4.78 is 0.0899. The van der Waals surface area contributed by atoms with Crippen molar-refractivity contribution in [2.45, 2.75) is 33.2 Å². The summed E-state index contributed by atoms with van der Waals surface area (Å²) in [7, 11) is 0. The van der Waals surface area contributed by atoms with Crippen LogP contribution in [0.4, 0.5) is 5.69 Å². The Morgan fingerprint density at radius 2 is 1.82 bits per heavy atom. The fourth-order valence-electron chi connectivity index (χ4n) is 3.31. The van der Waals surface area contributed by atoms with Crippen molar-refractivity contribution < 1.29 is 24.3 Å². The molecule has 0 aromatic heterocycles. The summed E-state index contributed by atoms with van der Waals surface area (Å²) in [4.78, 5) is 51.9. The highest BCUT2D eigenvalue weighted by Gasteiger charge is 2.46. The Kier molecular flexibility index (Phi) is 5.40. The summed E-state index contributed by atoms with van der Waals surface area (Å²) in [5.41, 5.74) is 0.940. The quantitative estimate of drug-likeness (QED) is 0.593. The number of carbonyl (C=O) groups is 4. The van der Waals surface area contributed by atoms with Crippen LogP contribution in [-0.4, -0.2) is 44.1 Å². The molecule has 1 atom stereocenters. The predicted molar refractivity (Wildman–Crippen MR) is 109 cm³/mol. The molecule has 0 bridgehead atoms. The molecule has 0 unspecified atom stereocenters. The molecule has 28 heavy (non-hydrogen) atoms. The summed E-state index contributed by atoms with van der Waals surface area (Å²) in [6.07, 6.45) is 0.231. The first-order valence-electron chi connectivity index (χ1n) is 8.62. The third kappa shape index (κ3) is 3.24. The number of amides is 3. The number of thioether (sulfide) groups is 1. The highest BCUT2D eigenvalue weighted by Crippen LogP contribution is 2.45. The van der Waals surface area contributed by atoms with Crippen molar-refractivity contribution in [2.75, 3.05) is 4.90 Å². The van der Waals surface area contributed by atoms with E-state index in [0.29, 0.717) is 11.3 Å². The molecular weight excluding hydrogens is 400 g/mol. The van der Waals surface area contributed by atoms with Crippen LogP contribution in [0.3, 0.4) is 0 Å². The highest BCUT2D eigenvalue weighted by molar-refractivity contribution is 8.26. The van der Waals surface area contributed by atoms with E-state index < -0.39 is 29.7 Å². The second-order valence-electron chi connectivity index (χ2n) is 6.91. The lowest BCUT2D eigenvalue weighted by molar-refractivity contribution is -0.145. The third-order valence-electron chi connectivity index (χ3n) is 4.46. The normalized spacial score (nSPS) is 20.2. The van der Waals surface area contributed by atoms with E-state index in [9.17, 15) is 24.3 Å². The Morgan fingerprint density at radius 3 is 2.39 bits per heavy atom. The van der Waals surface area contributed by atoms with E-state index in [0.717, 1.165) is 21.6 Å². The minimum Gasteiger partial charge on any atom is -0.480 e. The SMILES string of the molecule is CC(=O)N1C(=O)/C(=C2\SC(=S)N([C@@H](CC(C)C)C(=O)O)C2=O)c2ccccc21. The lowest BCUT2D eigenvalue weighted by Gasteiger charge is -2.24. The number of fused-ring (bicyclic) bond motifs is 1. The van der Waals surface area contributed by atoms with Crippen LogP contribution in [0.2, 0.25) is 0 Å². The average Bonchev–Trinajstić information content (AvgIpc) is 3.05. The van der Waals surface area contributed by atoms with E-state index in [2.05, 4.69) is 0 Å². The van der Waals surface area contributed by atoms with E-state index in [1.165, 1.54) is 6.92 Å². The van der Waals surface area contributed by atoms with Gasteiger partial charge in [0.25, 0.3) is 11.8 Å². The number of benzene rings is 1. The van der Waals surface area contributed by atoms with Gasteiger partial charge in [0, 0.05) is 12.5 Å². The van der Waals surface area contributed by atoms with Gasteiger partial charge in [0.05, 0.1) is 16.2 Å². The smallest absolute Gasteiger partial charge is 0.326 e. The topological polar surface area (TPSA) is 95.0 Å². The Labute approximate surface area is 171 Å². The van der Waals surface area contributed by atoms with Gasteiger partial charge in [0.1, 0.15) is 10.4 Å². The minimum absolute atomic E-state index is 0.0282. The largest absolute Gasteiger partial charge is 0.480 e. The van der Waals surface area contributed by atoms with Crippen molar-refractivity contribution in [1.82, 2.24) is 4.90 Å². The van der Waals surface area contributed by atoms with E-state index in [1.54, 1.807) is 24.3 Å². The predicted octanol–water partition coefficient (Wildman–Crippen LogP) is 2.65. The third-order valence-corrected chi connectivity index (χ3v) is 5.86. The van der Waals surface area contributed by atoms with Gasteiger partial charge in [-0.3, -0.25) is 19.3 Å². The van der Waals surface area contributed by atoms with Gasteiger partial charge in [-0.1, -0.05) is 56.0 Å². The molecule has 0 saturated carbocycles. The number of hydrogen-bond donors (Lipinski definition) is 1. The first-order valence-corrected chi connectivity index (χ1v) is 9.84. The van der Waals surface area contributed by atoms with Crippen molar-refractivity contribution in [2.24, 2.45) is 5.92 Å². The standard InChI is InChI=1S/C19H18N2O5S2/c1-9(2)8-13(18(25)26)21-17(24)15(28-19(21)27)14-11-6-4-5-7-12(11)20(10(3)22)16(14)23/h4-7,9,13H,8H2,1-3H3,(H,25,26)/b15-14-/t13-/m0/s1. The van der Waals surface area contributed by atoms with Crippen LogP contribution in [0.5, 0.6) is 0 Å². The summed E-state index contributed by atoms with van der Waals surface area (Å²) in [6.45, 7) is 4.98. The number of para-hydroxylation sites is 1. The summed E-state index contributed by atoms with van der Waals surface area (Å²) in [6, 6.07) is 5.57. The van der Waals surface area contributed by atoms with E-state index >= 15 is 0 Å². The molecule has 1 fully saturated rings.